The second kappa shape index (κ2) is 6.39. The van der Waals surface area contributed by atoms with Crippen molar-refractivity contribution in [1.82, 2.24) is 10.2 Å². The number of carbonyl (C=O) groups excluding carboxylic acids is 1. The smallest absolute Gasteiger partial charge is 0.236 e. The fourth-order valence-corrected chi connectivity index (χ4v) is 2.77. The Kier molecular flexibility index (Phi) is 4.84. The predicted molar refractivity (Wildman–Crippen MR) is 69.9 cm³/mol. The highest BCUT2D eigenvalue weighted by Gasteiger charge is 2.26. The van der Waals surface area contributed by atoms with Gasteiger partial charge < -0.3 is 10.2 Å². The van der Waals surface area contributed by atoms with E-state index in [2.05, 4.69) is 17.1 Å². The summed E-state index contributed by atoms with van der Waals surface area (Å²) < 4.78 is 0. The predicted octanol–water partition coefficient (Wildman–Crippen LogP) is 2.17. The van der Waals surface area contributed by atoms with E-state index in [1.807, 2.05) is 0 Å². The Morgan fingerprint density at radius 1 is 1.29 bits per heavy atom. The summed E-state index contributed by atoms with van der Waals surface area (Å²) in [5.74, 6) is 1.18. The Morgan fingerprint density at radius 2 is 2.12 bits per heavy atom. The van der Waals surface area contributed by atoms with Crippen molar-refractivity contribution in [3.05, 3.63) is 0 Å². The first kappa shape index (κ1) is 12.9. The third-order valence-corrected chi connectivity index (χ3v) is 3.98. The maximum absolute atomic E-state index is 12.1. The van der Waals surface area contributed by atoms with Crippen LogP contribution in [-0.2, 0) is 4.79 Å². The van der Waals surface area contributed by atoms with E-state index in [0.29, 0.717) is 18.5 Å². The molecular formula is C14H26N2O. The van der Waals surface area contributed by atoms with Crippen molar-refractivity contribution in [3.8, 4) is 0 Å². The summed E-state index contributed by atoms with van der Waals surface area (Å²) in [6, 6.07) is 0.518. The van der Waals surface area contributed by atoms with E-state index in [1.165, 1.54) is 44.9 Å². The highest BCUT2D eigenvalue weighted by molar-refractivity contribution is 5.78. The van der Waals surface area contributed by atoms with E-state index in [9.17, 15) is 4.79 Å². The van der Waals surface area contributed by atoms with Gasteiger partial charge >= 0.3 is 0 Å². The molecule has 17 heavy (non-hydrogen) atoms. The lowest BCUT2D eigenvalue weighted by Crippen LogP contribution is -2.47. The third-order valence-electron chi connectivity index (χ3n) is 3.98. The second-order valence-electron chi connectivity index (χ2n) is 5.60. The topological polar surface area (TPSA) is 32.3 Å². The zero-order valence-electron chi connectivity index (χ0n) is 11.1. The van der Waals surface area contributed by atoms with E-state index in [0.717, 1.165) is 19.0 Å². The molecule has 1 amide bonds. The maximum atomic E-state index is 12.1. The first-order chi connectivity index (χ1) is 8.31. The Hall–Kier alpha value is -0.570. The SMILES string of the molecule is CCCC1CCCCN1C(=O)CNCC1CC1. The van der Waals surface area contributed by atoms with Crippen LogP contribution in [-0.4, -0.2) is 36.5 Å². The summed E-state index contributed by atoms with van der Waals surface area (Å²) in [6.45, 7) is 4.78. The van der Waals surface area contributed by atoms with Gasteiger partial charge in [0.15, 0.2) is 0 Å². The van der Waals surface area contributed by atoms with Gasteiger partial charge in [-0.15, -0.1) is 0 Å². The molecule has 1 unspecified atom stereocenters. The average molecular weight is 238 g/mol. The minimum atomic E-state index is 0.323. The minimum absolute atomic E-state index is 0.323. The number of likely N-dealkylation sites (tertiary alicyclic amines) is 1. The molecule has 1 atom stereocenters. The van der Waals surface area contributed by atoms with E-state index >= 15 is 0 Å². The quantitative estimate of drug-likeness (QED) is 0.769. The molecule has 0 aromatic heterocycles. The summed E-state index contributed by atoms with van der Waals surface area (Å²) >= 11 is 0. The maximum Gasteiger partial charge on any atom is 0.236 e. The highest BCUT2D eigenvalue weighted by Crippen LogP contribution is 2.27. The molecule has 2 fully saturated rings. The van der Waals surface area contributed by atoms with Crippen molar-refractivity contribution >= 4 is 5.91 Å². The summed E-state index contributed by atoms with van der Waals surface area (Å²) in [5, 5.41) is 3.32. The zero-order valence-corrected chi connectivity index (χ0v) is 11.1. The van der Waals surface area contributed by atoms with Gasteiger partial charge in [-0.1, -0.05) is 13.3 Å². The van der Waals surface area contributed by atoms with Crippen LogP contribution in [0.2, 0.25) is 0 Å². The van der Waals surface area contributed by atoms with Crippen molar-refractivity contribution in [3.63, 3.8) is 0 Å². The van der Waals surface area contributed by atoms with Crippen molar-refractivity contribution < 1.29 is 4.79 Å². The van der Waals surface area contributed by atoms with Crippen LogP contribution in [0.15, 0.2) is 0 Å². The molecular weight excluding hydrogens is 212 g/mol. The Morgan fingerprint density at radius 3 is 2.82 bits per heavy atom. The fraction of sp³-hybridized carbons (Fsp3) is 0.929. The summed E-state index contributed by atoms with van der Waals surface area (Å²) in [4.78, 5) is 14.3. The fourth-order valence-electron chi connectivity index (χ4n) is 2.77. The van der Waals surface area contributed by atoms with Crippen LogP contribution < -0.4 is 5.32 Å². The molecule has 1 saturated carbocycles. The Bertz CT molecular complexity index is 249. The van der Waals surface area contributed by atoms with Crippen molar-refractivity contribution in [2.45, 2.75) is 57.9 Å². The summed E-state index contributed by atoms with van der Waals surface area (Å²) in [5.41, 5.74) is 0. The van der Waals surface area contributed by atoms with E-state index in [4.69, 9.17) is 0 Å². The molecule has 1 aliphatic heterocycles. The van der Waals surface area contributed by atoms with Gasteiger partial charge in [0.2, 0.25) is 5.91 Å². The molecule has 98 valence electrons. The molecule has 1 heterocycles. The molecule has 0 spiro atoms. The number of nitrogens with zero attached hydrogens (tertiary/aromatic N) is 1. The van der Waals surface area contributed by atoms with Gasteiger partial charge in [-0.25, -0.2) is 0 Å². The van der Waals surface area contributed by atoms with Crippen LogP contribution in [0.1, 0.15) is 51.9 Å². The summed E-state index contributed by atoms with van der Waals surface area (Å²) in [7, 11) is 0. The van der Waals surface area contributed by atoms with Gasteiger partial charge in [-0.3, -0.25) is 4.79 Å². The Labute approximate surface area is 105 Å². The molecule has 1 aliphatic carbocycles. The first-order valence-corrected chi connectivity index (χ1v) is 7.31. The molecule has 0 aromatic rings. The zero-order chi connectivity index (χ0) is 12.1. The van der Waals surface area contributed by atoms with Crippen LogP contribution in [0.4, 0.5) is 0 Å². The summed E-state index contributed by atoms with van der Waals surface area (Å²) in [6.07, 6.45) is 8.76. The van der Waals surface area contributed by atoms with Crippen molar-refractivity contribution in [2.75, 3.05) is 19.6 Å². The lowest BCUT2D eigenvalue weighted by Gasteiger charge is -2.36. The minimum Gasteiger partial charge on any atom is -0.339 e. The number of carbonyl (C=O) groups is 1. The lowest BCUT2D eigenvalue weighted by molar-refractivity contribution is -0.134. The molecule has 3 nitrogen and oxygen atoms in total. The lowest BCUT2D eigenvalue weighted by atomic mass is 9.98. The monoisotopic (exact) mass is 238 g/mol. The van der Waals surface area contributed by atoms with Gasteiger partial charge in [-0.05, 0) is 51.0 Å². The third kappa shape index (κ3) is 3.98. The molecule has 2 rings (SSSR count). The molecule has 0 bridgehead atoms. The van der Waals surface area contributed by atoms with Gasteiger partial charge in [0, 0.05) is 12.6 Å². The molecule has 0 aromatic carbocycles. The van der Waals surface area contributed by atoms with Gasteiger partial charge in [0.05, 0.1) is 6.54 Å². The second-order valence-corrected chi connectivity index (χ2v) is 5.60. The van der Waals surface area contributed by atoms with Crippen LogP contribution in [0, 0.1) is 5.92 Å². The molecule has 1 saturated heterocycles. The van der Waals surface area contributed by atoms with Crippen LogP contribution in [0.25, 0.3) is 0 Å². The van der Waals surface area contributed by atoms with Gasteiger partial charge in [-0.2, -0.15) is 0 Å². The number of hydrogen-bond acceptors (Lipinski definition) is 2. The first-order valence-electron chi connectivity index (χ1n) is 7.31. The molecule has 1 N–H and O–H groups in total. The number of nitrogens with one attached hydrogen (secondary N) is 1. The van der Waals surface area contributed by atoms with Crippen LogP contribution in [0.3, 0.4) is 0 Å². The normalized spacial score (nSPS) is 25.0. The largest absolute Gasteiger partial charge is 0.339 e. The number of amides is 1. The van der Waals surface area contributed by atoms with E-state index in [-0.39, 0.29) is 0 Å². The number of piperidine rings is 1. The van der Waals surface area contributed by atoms with Crippen LogP contribution in [0.5, 0.6) is 0 Å². The molecule has 2 aliphatic rings. The highest BCUT2D eigenvalue weighted by atomic mass is 16.2. The van der Waals surface area contributed by atoms with Crippen LogP contribution >= 0.6 is 0 Å². The number of rotatable bonds is 6. The Balaban J connectivity index is 1.73. The number of hydrogen-bond donors (Lipinski definition) is 1. The average Bonchev–Trinajstić information content (AvgIpc) is 3.14. The van der Waals surface area contributed by atoms with Crippen molar-refractivity contribution in [2.24, 2.45) is 5.92 Å². The molecule has 0 radical (unpaired) electrons. The van der Waals surface area contributed by atoms with Gasteiger partial charge in [0.25, 0.3) is 0 Å². The van der Waals surface area contributed by atoms with E-state index in [1.54, 1.807) is 0 Å². The standard InChI is InChI=1S/C14H26N2O/c1-2-5-13-6-3-4-9-16(13)14(17)11-15-10-12-7-8-12/h12-13,15H,2-11H2,1H3. The molecule has 3 heteroatoms. The van der Waals surface area contributed by atoms with E-state index < -0.39 is 0 Å². The van der Waals surface area contributed by atoms with Crippen molar-refractivity contribution in [1.29, 1.82) is 0 Å². The van der Waals surface area contributed by atoms with Gasteiger partial charge in [0.1, 0.15) is 0 Å².